The first-order chi connectivity index (χ1) is 13.2. The Morgan fingerprint density at radius 2 is 1.89 bits per heavy atom. The molecule has 4 rings (SSSR count). The van der Waals surface area contributed by atoms with E-state index in [0.717, 1.165) is 24.0 Å². The maximum Gasteiger partial charge on any atom is 0.253 e. The number of likely N-dealkylation sites (tertiary alicyclic amines) is 1. The van der Waals surface area contributed by atoms with Gasteiger partial charge in [0.15, 0.2) is 0 Å². The Morgan fingerprint density at radius 1 is 1.11 bits per heavy atom. The van der Waals surface area contributed by atoms with E-state index in [1.807, 2.05) is 29.2 Å². The van der Waals surface area contributed by atoms with Crippen molar-refractivity contribution in [1.82, 2.24) is 9.88 Å². The van der Waals surface area contributed by atoms with E-state index >= 15 is 0 Å². The highest BCUT2D eigenvalue weighted by Gasteiger charge is 2.24. The van der Waals surface area contributed by atoms with Crippen LogP contribution in [0.15, 0.2) is 59.6 Å². The van der Waals surface area contributed by atoms with Gasteiger partial charge in [-0.25, -0.2) is 0 Å². The fraction of sp³-hybridized carbons (Fsp3) is 0.238. The minimum atomic E-state index is 0.0785. The highest BCUT2D eigenvalue weighted by atomic mass is 35.5. The van der Waals surface area contributed by atoms with Crippen LogP contribution in [0, 0.1) is 0 Å². The molecule has 0 saturated carbocycles. The second-order valence-electron chi connectivity index (χ2n) is 6.54. The van der Waals surface area contributed by atoms with Crippen LogP contribution in [0.4, 0.5) is 0 Å². The fourth-order valence-electron chi connectivity index (χ4n) is 3.24. The van der Waals surface area contributed by atoms with Crippen molar-refractivity contribution in [2.75, 3.05) is 13.1 Å². The van der Waals surface area contributed by atoms with Crippen molar-refractivity contribution in [3.05, 3.63) is 70.1 Å². The minimum Gasteiger partial charge on any atom is -0.489 e. The Kier molecular flexibility index (Phi) is 5.41. The van der Waals surface area contributed by atoms with Gasteiger partial charge in [-0.2, -0.15) is 11.3 Å². The van der Waals surface area contributed by atoms with Gasteiger partial charge in [-0.3, -0.25) is 9.78 Å². The van der Waals surface area contributed by atoms with Gasteiger partial charge in [0.25, 0.3) is 5.91 Å². The number of amides is 1. The number of nitrogens with zero attached hydrogens (tertiary/aromatic N) is 2. The third kappa shape index (κ3) is 4.31. The van der Waals surface area contributed by atoms with Crippen LogP contribution in [0.3, 0.4) is 0 Å². The average Bonchev–Trinajstić information content (AvgIpc) is 3.23. The zero-order valence-corrected chi connectivity index (χ0v) is 16.2. The number of ether oxygens (including phenoxy) is 1. The Hall–Kier alpha value is -2.37. The molecule has 1 saturated heterocycles. The number of rotatable bonds is 4. The van der Waals surface area contributed by atoms with Gasteiger partial charge in [0.1, 0.15) is 11.9 Å². The zero-order chi connectivity index (χ0) is 18.6. The molecule has 1 aliphatic heterocycles. The molecule has 4 nitrogen and oxygen atoms in total. The summed E-state index contributed by atoms with van der Waals surface area (Å²) in [5.41, 5.74) is 3.05. The minimum absolute atomic E-state index is 0.0785. The SMILES string of the molecule is O=C(c1ccc(-c2ccsc2)cc1)N1CCC(Oc2cncc(Cl)c2)CC1. The van der Waals surface area contributed by atoms with E-state index in [2.05, 4.69) is 21.8 Å². The molecular formula is C21H19ClN2O2S. The van der Waals surface area contributed by atoms with Gasteiger partial charge < -0.3 is 9.64 Å². The van der Waals surface area contributed by atoms with Gasteiger partial charge in [-0.15, -0.1) is 0 Å². The Labute approximate surface area is 167 Å². The van der Waals surface area contributed by atoms with E-state index in [9.17, 15) is 4.79 Å². The van der Waals surface area contributed by atoms with Crippen molar-refractivity contribution in [2.24, 2.45) is 0 Å². The lowest BCUT2D eigenvalue weighted by Gasteiger charge is -2.32. The molecule has 0 aliphatic carbocycles. The number of halogens is 1. The van der Waals surface area contributed by atoms with Crippen LogP contribution in [0.5, 0.6) is 5.75 Å². The maximum atomic E-state index is 12.8. The van der Waals surface area contributed by atoms with Crippen molar-refractivity contribution in [3.8, 4) is 16.9 Å². The number of carbonyl (C=O) groups is 1. The predicted molar refractivity (Wildman–Crippen MR) is 109 cm³/mol. The molecule has 0 unspecified atom stereocenters. The molecule has 0 atom stereocenters. The molecule has 0 radical (unpaired) electrons. The summed E-state index contributed by atoms with van der Waals surface area (Å²) in [6.07, 6.45) is 4.92. The number of hydrogen-bond acceptors (Lipinski definition) is 4. The van der Waals surface area contributed by atoms with Gasteiger partial charge in [-0.05, 0) is 40.1 Å². The fourth-order valence-corrected chi connectivity index (χ4v) is 4.07. The summed E-state index contributed by atoms with van der Waals surface area (Å²) in [5, 5.41) is 4.72. The summed E-state index contributed by atoms with van der Waals surface area (Å²) in [5.74, 6) is 0.756. The van der Waals surface area contributed by atoms with Crippen LogP contribution in [0.1, 0.15) is 23.2 Å². The number of carbonyl (C=O) groups excluding carboxylic acids is 1. The summed E-state index contributed by atoms with van der Waals surface area (Å²) in [6.45, 7) is 1.37. The first-order valence-electron chi connectivity index (χ1n) is 8.88. The van der Waals surface area contributed by atoms with Gasteiger partial charge in [0, 0.05) is 43.8 Å². The molecule has 1 aromatic carbocycles. The quantitative estimate of drug-likeness (QED) is 0.610. The Morgan fingerprint density at radius 3 is 2.56 bits per heavy atom. The average molecular weight is 399 g/mol. The lowest BCUT2D eigenvalue weighted by Crippen LogP contribution is -2.41. The smallest absolute Gasteiger partial charge is 0.253 e. The van der Waals surface area contributed by atoms with Crippen LogP contribution in [-0.4, -0.2) is 35.0 Å². The third-order valence-corrected chi connectivity index (χ3v) is 5.59. The molecule has 0 bridgehead atoms. The molecule has 3 heterocycles. The highest BCUT2D eigenvalue weighted by Crippen LogP contribution is 2.24. The largest absolute Gasteiger partial charge is 0.489 e. The van der Waals surface area contributed by atoms with Gasteiger partial charge in [0.05, 0.1) is 11.2 Å². The van der Waals surface area contributed by atoms with E-state index in [1.54, 1.807) is 29.8 Å². The lowest BCUT2D eigenvalue weighted by atomic mass is 10.0. The summed E-state index contributed by atoms with van der Waals surface area (Å²) >= 11 is 7.61. The second-order valence-corrected chi connectivity index (χ2v) is 7.75. The van der Waals surface area contributed by atoms with Crippen molar-refractivity contribution in [1.29, 1.82) is 0 Å². The van der Waals surface area contributed by atoms with E-state index in [4.69, 9.17) is 16.3 Å². The van der Waals surface area contributed by atoms with Gasteiger partial charge in [-0.1, -0.05) is 23.7 Å². The van der Waals surface area contributed by atoms with E-state index in [0.29, 0.717) is 23.9 Å². The third-order valence-electron chi connectivity index (χ3n) is 4.70. The molecule has 1 fully saturated rings. The van der Waals surface area contributed by atoms with Crippen LogP contribution in [-0.2, 0) is 0 Å². The van der Waals surface area contributed by atoms with Crippen LogP contribution < -0.4 is 4.74 Å². The standard InChI is InChI=1S/C21H19ClN2O2S/c22-18-11-20(13-23-12-18)26-19-5-8-24(9-6-19)21(25)16-3-1-15(2-4-16)17-7-10-27-14-17/h1-4,7,10-14,19H,5-6,8-9H2. The molecule has 0 N–H and O–H groups in total. The van der Waals surface area contributed by atoms with E-state index < -0.39 is 0 Å². The summed E-state index contributed by atoms with van der Waals surface area (Å²) in [4.78, 5) is 18.7. The summed E-state index contributed by atoms with van der Waals surface area (Å²) < 4.78 is 5.94. The topological polar surface area (TPSA) is 42.4 Å². The van der Waals surface area contributed by atoms with Crippen molar-refractivity contribution >= 4 is 28.8 Å². The number of thiophene rings is 1. The summed E-state index contributed by atoms with van der Waals surface area (Å²) in [6, 6.07) is 11.7. The zero-order valence-electron chi connectivity index (χ0n) is 14.7. The first-order valence-corrected chi connectivity index (χ1v) is 10.2. The highest BCUT2D eigenvalue weighted by molar-refractivity contribution is 7.08. The number of hydrogen-bond donors (Lipinski definition) is 0. The Balaban J connectivity index is 1.34. The molecule has 27 heavy (non-hydrogen) atoms. The predicted octanol–water partition coefficient (Wildman–Crippen LogP) is 5.15. The van der Waals surface area contributed by atoms with Crippen LogP contribution >= 0.6 is 22.9 Å². The van der Waals surface area contributed by atoms with E-state index in [-0.39, 0.29) is 12.0 Å². The second kappa shape index (κ2) is 8.11. The number of piperidine rings is 1. The molecule has 6 heteroatoms. The van der Waals surface area contributed by atoms with Crippen LogP contribution in [0.2, 0.25) is 5.02 Å². The first kappa shape index (κ1) is 18.0. The maximum absolute atomic E-state index is 12.8. The van der Waals surface area contributed by atoms with Crippen LogP contribution in [0.25, 0.3) is 11.1 Å². The monoisotopic (exact) mass is 398 g/mol. The Bertz CT molecular complexity index is 904. The van der Waals surface area contributed by atoms with Gasteiger partial charge >= 0.3 is 0 Å². The lowest BCUT2D eigenvalue weighted by molar-refractivity contribution is 0.0595. The van der Waals surface area contributed by atoms with Crippen molar-refractivity contribution in [2.45, 2.75) is 18.9 Å². The molecule has 1 amide bonds. The normalized spacial score (nSPS) is 14.9. The van der Waals surface area contributed by atoms with Crippen molar-refractivity contribution < 1.29 is 9.53 Å². The van der Waals surface area contributed by atoms with Gasteiger partial charge in [0.2, 0.25) is 0 Å². The number of benzene rings is 1. The number of aromatic nitrogens is 1. The van der Waals surface area contributed by atoms with E-state index in [1.165, 1.54) is 5.56 Å². The molecule has 138 valence electrons. The molecule has 0 spiro atoms. The van der Waals surface area contributed by atoms with Crippen molar-refractivity contribution in [3.63, 3.8) is 0 Å². The summed E-state index contributed by atoms with van der Waals surface area (Å²) in [7, 11) is 0. The molecular weight excluding hydrogens is 380 g/mol. The molecule has 1 aliphatic rings. The number of pyridine rings is 1. The molecule has 2 aromatic heterocycles. The molecule has 3 aromatic rings.